The molecule has 1 unspecified atom stereocenters. The fraction of sp³-hybridized carbons (Fsp3) is 0.500. The van der Waals surface area contributed by atoms with E-state index in [9.17, 15) is 0 Å². The maximum atomic E-state index is 4.99. The van der Waals surface area contributed by atoms with Gasteiger partial charge in [0, 0.05) is 11.6 Å². The van der Waals surface area contributed by atoms with E-state index in [-0.39, 0.29) is 0 Å². The van der Waals surface area contributed by atoms with Crippen LogP contribution in [0.4, 0.5) is 0 Å². The molecule has 0 bridgehead atoms. The first-order valence-electron chi connectivity index (χ1n) is 2.59. The molecule has 0 spiro atoms. The van der Waals surface area contributed by atoms with Crippen molar-refractivity contribution in [2.75, 3.05) is 0 Å². The highest BCUT2D eigenvalue weighted by atomic mass is 15.1. The van der Waals surface area contributed by atoms with Gasteiger partial charge in [0.1, 0.15) is 0 Å². The van der Waals surface area contributed by atoms with E-state index in [1.807, 2.05) is 19.9 Å². The normalized spacial score (nSPS) is 15.5. The molecule has 0 aromatic carbocycles. The first-order valence-corrected chi connectivity index (χ1v) is 2.59. The molecule has 0 saturated carbocycles. The van der Waals surface area contributed by atoms with Crippen molar-refractivity contribution in [3.05, 3.63) is 12.7 Å². The molecule has 0 aliphatic heterocycles. The standard InChI is InChI=1S/C6H12N2/c1-4-5(2)6(3)8-7/h4-5H,1,7H2,2-3H3/b8-6-. The molecule has 0 aliphatic rings. The summed E-state index contributed by atoms with van der Waals surface area (Å²) in [6.45, 7) is 7.47. The molecule has 0 aromatic heterocycles. The van der Waals surface area contributed by atoms with Crippen LogP contribution in [0.15, 0.2) is 17.8 Å². The fourth-order valence-corrected chi connectivity index (χ4v) is 0.288. The van der Waals surface area contributed by atoms with Gasteiger partial charge in [-0.2, -0.15) is 5.10 Å². The smallest absolute Gasteiger partial charge is 0.0410 e. The van der Waals surface area contributed by atoms with E-state index in [1.54, 1.807) is 0 Å². The molecule has 46 valence electrons. The van der Waals surface area contributed by atoms with Crippen molar-refractivity contribution in [2.24, 2.45) is 16.9 Å². The van der Waals surface area contributed by atoms with E-state index in [1.165, 1.54) is 0 Å². The van der Waals surface area contributed by atoms with Crippen molar-refractivity contribution in [1.29, 1.82) is 0 Å². The molecular weight excluding hydrogens is 100 g/mol. The van der Waals surface area contributed by atoms with E-state index >= 15 is 0 Å². The summed E-state index contributed by atoms with van der Waals surface area (Å²) in [5.41, 5.74) is 0.917. The van der Waals surface area contributed by atoms with Gasteiger partial charge >= 0.3 is 0 Å². The van der Waals surface area contributed by atoms with E-state index in [0.717, 1.165) is 5.71 Å². The lowest BCUT2D eigenvalue weighted by Gasteiger charge is -2.00. The molecule has 0 rings (SSSR count). The Balaban J connectivity index is 3.81. The van der Waals surface area contributed by atoms with Crippen LogP contribution < -0.4 is 5.84 Å². The van der Waals surface area contributed by atoms with Crippen LogP contribution in [0.5, 0.6) is 0 Å². The minimum absolute atomic E-state index is 0.306. The molecule has 0 saturated heterocycles. The second kappa shape index (κ2) is 3.24. The number of hydrogen-bond acceptors (Lipinski definition) is 2. The molecule has 0 aromatic rings. The summed E-state index contributed by atoms with van der Waals surface area (Å²) in [6, 6.07) is 0. The average molecular weight is 112 g/mol. The highest BCUT2D eigenvalue weighted by molar-refractivity contribution is 5.85. The van der Waals surface area contributed by atoms with Gasteiger partial charge in [0.05, 0.1) is 0 Å². The third-order valence-corrected chi connectivity index (χ3v) is 1.22. The molecular formula is C6H12N2. The molecule has 0 fully saturated rings. The van der Waals surface area contributed by atoms with Gasteiger partial charge in [-0.3, -0.25) is 0 Å². The van der Waals surface area contributed by atoms with Crippen LogP contribution in [0.25, 0.3) is 0 Å². The predicted molar refractivity (Wildman–Crippen MR) is 36.7 cm³/mol. The van der Waals surface area contributed by atoms with Gasteiger partial charge in [-0.1, -0.05) is 13.0 Å². The number of nitrogens with zero attached hydrogens (tertiary/aromatic N) is 1. The first kappa shape index (κ1) is 7.21. The van der Waals surface area contributed by atoms with Crippen LogP contribution in [-0.4, -0.2) is 5.71 Å². The quantitative estimate of drug-likeness (QED) is 0.247. The van der Waals surface area contributed by atoms with Gasteiger partial charge in [-0.05, 0) is 6.92 Å². The van der Waals surface area contributed by atoms with E-state index < -0.39 is 0 Å². The highest BCUT2D eigenvalue weighted by Crippen LogP contribution is 1.96. The molecule has 1 atom stereocenters. The summed E-state index contributed by atoms with van der Waals surface area (Å²) < 4.78 is 0. The minimum atomic E-state index is 0.306. The van der Waals surface area contributed by atoms with Crippen molar-refractivity contribution in [2.45, 2.75) is 13.8 Å². The van der Waals surface area contributed by atoms with Crippen molar-refractivity contribution < 1.29 is 0 Å². The summed E-state index contributed by atoms with van der Waals surface area (Å²) in [5.74, 6) is 5.29. The lowest BCUT2D eigenvalue weighted by molar-refractivity contribution is 0.975. The zero-order valence-corrected chi connectivity index (χ0v) is 5.39. The monoisotopic (exact) mass is 112 g/mol. The Hall–Kier alpha value is -0.790. The topological polar surface area (TPSA) is 38.4 Å². The van der Waals surface area contributed by atoms with Gasteiger partial charge in [0.25, 0.3) is 0 Å². The van der Waals surface area contributed by atoms with Gasteiger partial charge < -0.3 is 5.84 Å². The average Bonchev–Trinajstić information content (AvgIpc) is 1.84. The van der Waals surface area contributed by atoms with Crippen molar-refractivity contribution >= 4 is 5.71 Å². The Morgan fingerprint density at radius 1 is 1.88 bits per heavy atom. The lowest BCUT2D eigenvalue weighted by Crippen LogP contribution is -2.05. The molecule has 8 heavy (non-hydrogen) atoms. The van der Waals surface area contributed by atoms with Crippen LogP contribution in [-0.2, 0) is 0 Å². The van der Waals surface area contributed by atoms with E-state index in [4.69, 9.17) is 5.84 Å². The summed E-state index contributed by atoms with van der Waals surface area (Å²) >= 11 is 0. The third kappa shape index (κ3) is 1.78. The zero-order chi connectivity index (χ0) is 6.57. The van der Waals surface area contributed by atoms with Crippen molar-refractivity contribution in [3.63, 3.8) is 0 Å². The Morgan fingerprint density at radius 2 is 2.38 bits per heavy atom. The Labute approximate surface area is 50.1 Å². The number of hydrazone groups is 1. The number of hydrogen-bond donors (Lipinski definition) is 1. The molecule has 0 aliphatic carbocycles. The van der Waals surface area contributed by atoms with Gasteiger partial charge in [0.15, 0.2) is 0 Å². The van der Waals surface area contributed by atoms with Crippen LogP contribution in [0.3, 0.4) is 0 Å². The highest BCUT2D eigenvalue weighted by Gasteiger charge is 1.96. The minimum Gasteiger partial charge on any atom is -0.323 e. The number of allylic oxidation sites excluding steroid dienone is 1. The van der Waals surface area contributed by atoms with Crippen LogP contribution in [0, 0.1) is 5.92 Å². The van der Waals surface area contributed by atoms with Crippen LogP contribution >= 0.6 is 0 Å². The zero-order valence-electron chi connectivity index (χ0n) is 5.39. The summed E-state index contributed by atoms with van der Waals surface area (Å²) in [7, 11) is 0. The molecule has 0 amide bonds. The number of nitrogens with two attached hydrogens (primary N) is 1. The molecule has 0 heterocycles. The van der Waals surface area contributed by atoms with E-state index in [0.29, 0.717) is 5.92 Å². The molecule has 2 N–H and O–H groups in total. The Kier molecular flexibility index (Phi) is 2.92. The van der Waals surface area contributed by atoms with Crippen LogP contribution in [0.1, 0.15) is 13.8 Å². The second-order valence-electron chi connectivity index (χ2n) is 1.79. The largest absolute Gasteiger partial charge is 0.323 e. The number of rotatable bonds is 2. The van der Waals surface area contributed by atoms with E-state index in [2.05, 4.69) is 11.7 Å². The lowest BCUT2D eigenvalue weighted by atomic mass is 10.1. The SMILES string of the molecule is C=CC(C)/C(C)=N\N. The Morgan fingerprint density at radius 3 is 2.50 bits per heavy atom. The summed E-state index contributed by atoms with van der Waals surface area (Å²) in [4.78, 5) is 0. The molecule has 0 radical (unpaired) electrons. The third-order valence-electron chi connectivity index (χ3n) is 1.22. The van der Waals surface area contributed by atoms with Gasteiger partial charge in [0.2, 0.25) is 0 Å². The predicted octanol–water partition coefficient (Wildman–Crippen LogP) is 1.14. The van der Waals surface area contributed by atoms with Crippen molar-refractivity contribution in [1.82, 2.24) is 0 Å². The summed E-state index contributed by atoms with van der Waals surface area (Å²) in [5, 5.41) is 3.50. The van der Waals surface area contributed by atoms with Gasteiger partial charge in [-0.25, -0.2) is 0 Å². The summed E-state index contributed by atoms with van der Waals surface area (Å²) in [6.07, 6.45) is 1.81. The maximum Gasteiger partial charge on any atom is 0.0410 e. The van der Waals surface area contributed by atoms with Crippen molar-refractivity contribution in [3.8, 4) is 0 Å². The second-order valence-corrected chi connectivity index (χ2v) is 1.79. The van der Waals surface area contributed by atoms with Crippen LogP contribution in [0.2, 0.25) is 0 Å². The molecule has 2 nitrogen and oxygen atoms in total. The maximum absolute atomic E-state index is 4.99. The van der Waals surface area contributed by atoms with Gasteiger partial charge in [-0.15, -0.1) is 6.58 Å². The Bertz CT molecular complexity index is 105. The first-order chi connectivity index (χ1) is 3.72. The fourth-order valence-electron chi connectivity index (χ4n) is 0.288. The molecule has 2 heteroatoms.